The van der Waals surface area contributed by atoms with Gasteiger partial charge in [-0.3, -0.25) is 9.52 Å². The van der Waals surface area contributed by atoms with E-state index in [1.54, 1.807) is 24.3 Å². The number of rotatable bonds is 7. The molecule has 9 heteroatoms. The van der Waals surface area contributed by atoms with E-state index in [1.807, 2.05) is 6.92 Å². The van der Waals surface area contributed by atoms with E-state index in [2.05, 4.69) is 10.0 Å². The van der Waals surface area contributed by atoms with E-state index in [0.717, 1.165) is 12.1 Å². The number of anilines is 2. The van der Waals surface area contributed by atoms with Crippen LogP contribution in [0.25, 0.3) is 0 Å². The Kier molecular flexibility index (Phi) is 6.31. The highest BCUT2D eigenvalue weighted by Gasteiger charge is 2.17. The van der Waals surface area contributed by atoms with Gasteiger partial charge >= 0.3 is 0 Å². The van der Waals surface area contributed by atoms with Crippen molar-refractivity contribution in [1.29, 1.82) is 0 Å². The van der Waals surface area contributed by atoms with Crippen molar-refractivity contribution in [3.63, 3.8) is 0 Å². The molecule has 0 aliphatic rings. The van der Waals surface area contributed by atoms with Crippen LogP contribution in [0, 0.1) is 11.6 Å². The summed E-state index contributed by atoms with van der Waals surface area (Å²) in [5.41, 5.74) is 1.07. The maximum absolute atomic E-state index is 13.3. The number of ether oxygens (including phenoxy) is 1. The van der Waals surface area contributed by atoms with Crippen LogP contribution in [0.2, 0.25) is 0 Å². The average molecular weight is 432 g/mol. The van der Waals surface area contributed by atoms with Crippen LogP contribution in [0.15, 0.2) is 71.6 Å². The molecule has 6 nitrogen and oxygen atoms in total. The molecule has 0 radical (unpaired) electrons. The number of hydrogen-bond acceptors (Lipinski definition) is 4. The lowest BCUT2D eigenvalue weighted by Gasteiger charge is -2.10. The fourth-order valence-corrected chi connectivity index (χ4v) is 3.62. The lowest BCUT2D eigenvalue weighted by molar-refractivity contribution is 0.102. The van der Waals surface area contributed by atoms with Crippen molar-refractivity contribution < 1.29 is 26.7 Å². The summed E-state index contributed by atoms with van der Waals surface area (Å²) in [5, 5.41) is 2.70. The second-order valence-corrected chi connectivity index (χ2v) is 7.85. The molecule has 0 aromatic heterocycles. The van der Waals surface area contributed by atoms with Gasteiger partial charge in [-0.25, -0.2) is 17.2 Å². The molecule has 3 aromatic rings. The minimum Gasteiger partial charge on any atom is -0.494 e. The van der Waals surface area contributed by atoms with Gasteiger partial charge < -0.3 is 10.1 Å². The van der Waals surface area contributed by atoms with Gasteiger partial charge in [0.2, 0.25) is 0 Å². The molecule has 0 heterocycles. The van der Waals surface area contributed by atoms with Crippen LogP contribution in [-0.2, 0) is 10.0 Å². The zero-order chi connectivity index (χ0) is 21.7. The normalized spacial score (nSPS) is 11.0. The summed E-state index contributed by atoms with van der Waals surface area (Å²) >= 11 is 0. The summed E-state index contributed by atoms with van der Waals surface area (Å²) in [6.07, 6.45) is 0. The molecule has 0 fully saturated rings. The highest BCUT2D eigenvalue weighted by molar-refractivity contribution is 7.92. The van der Waals surface area contributed by atoms with E-state index < -0.39 is 26.6 Å². The Morgan fingerprint density at radius 2 is 1.53 bits per heavy atom. The van der Waals surface area contributed by atoms with Gasteiger partial charge in [-0.1, -0.05) is 0 Å². The largest absolute Gasteiger partial charge is 0.494 e. The first-order valence-electron chi connectivity index (χ1n) is 8.90. The third-order valence-electron chi connectivity index (χ3n) is 4.02. The minimum absolute atomic E-state index is 0.193. The molecule has 0 unspecified atom stereocenters. The van der Waals surface area contributed by atoms with Gasteiger partial charge in [0.25, 0.3) is 15.9 Å². The summed E-state index contributed by atoms with van der Waals surface area (Å²) in [5.74, 6) is -2.08. The zero-order valence-electron chi connectivity index (χ0n) is 15.9. The van der Waals surface area contributed by atoms with Crippen molar-refractivity contribution >= 4 is 27.3 Å². The van der Waals surface area contributed by atoms with E-state index in [4.69, 9.17) is 4.74 Å². The molecule has 0 saturated carbocycles. The molecule has 156 valence electrons. The van der Waals surface area contributed by atoms with Crippen molar-refractivity contribution in [1.82, 2.24) is 0 Å². The molecule has 3 rings (SSSR count). The first-order valence-corrected chi connectivity index (χ1v) is 10.4. The standard InChI is InChI=1S/C21H18F2N2O4S/c1-2-29-17-9-3-14(4-10-17)21(26)24-15-5-7-16(8-6-15)25-30(27,28)18-11-12-19(22)20(23)13-18/h3-13,25H,2H2,1H3,(H,24,26). The fourth-order valence-electron chi connectivity index (χ4n) is 2.55. The van der Waals surface area contributed by atoms with Crippen molar-refractivity contribution in [3.05, 3.63) is 83.9 Å². The van der Waals surface area contributed by atoms with E-state index in [0.29, 0.717) is 29.7 Å². The van der Waals surface area contributed by atoms with E-state index in [1.165, 1.54) is 24.3 Å². The molecule has 1 amide bonds. The van der Waals surface area contributed by atoms with Crippen molar-refractivity contribution in [3.8, 4) is 5.75 Å². The topological polar surface area (TPSA) is 84.5 Å². The van der Waals surface area contributed by atoms with Crippen LogP contribution in [-0.4, -0.2) is 20.9 Å². The molecule has 0 aliphatic heterocycles. The van der Waals surface area contributed by atoms with E-state index in [-0.39, 0.29) is 11.6 Å². The number of nitrogens with one attached hydrogen (secondary N) is 2. The third kappa shape index (κ3) is 5.12. The van der Waals surface area contributed by atoms with Gasteiger partial charge in [-0.2, -0.15) is 0 Å². The predicted molar refractivity (Wildman–Crippen MR) is 109 cm³/mol. The number of carbonyl (C=O) groups is 1. The number of benzene rings is 3. The monoisotopic (exact) mass is 432 g/mol. The number of hydrogen-bond donors (Lipinski definition) is 2. The van der Waals surface area contributed by atoms with Gasteiger partial charge in [0.05, 0.1) is 11.5 Å². The summed E-state index contributed by atoms with van der Waals surface area (Å²) < 4.78 is 58.5. The summed E-state index contributed by atoms with van der Waals surface area (Å²) in [7, 11) is -4.10. The second-order valence-electron chi connectivity index (χ2n) is 6.17. The molecule has 30 heavy (non-hydrogen) atoms. The zero-order valence-corrected chi connectivity index (χ0v) is 16.7. The van der Waals surface area contributed by atoms with E-state index in [9.17, 15) is 22.0 Å². The molecule has 3 aromatic carbocycles. The first kappa shape index (κ1) is 21.3. The Hall–Kier alpha value is -3.46. The summed E-state index contributed by atoms with van der Waals surface area (Å²) in [6, 6.07) is 14.8. The SMILES string of the molecule is CCOc1ccc(C(=O)Nc2ccc(NS(=O)(=O)c3ccc(F)c(F)c3)cc2)cc1. The molecule has 0 saturated heterocycles. The molecular weight excluding hydrogens is 414 g/mol. The van der Waals surface area contributed by atoms with Crippen LogP contribution in [0.3, 0.4) is 0 Å². The van der Waals surface area contributed by atoms with Gasteiger partial charge in [-0.15, -0.1) is 0 Å². The summed E-state index contributed by atoms with van der Waals surface area (Å²) in [6.45, 7) is 2.39. The molecular formula is C21H18F2N2O4S. The van der Waals surface area contributed by atoms with E-state index >= 15 is 0 Å². The lowest BCUT2D eigenvalue weighted by atomic mass is 10.2. The highest BCUT2D eigenvalue weighted by Crippen LogP contribution is 2.21. The van der Waals surface area contributed by atoms with Crippen LogP contribution in [0.1, 0.15) is 17.3 Å². The van der Waals surface area contributed by atoms with Gasteiger partial charge in [0, 0.05) is 16.9 Å². The maximum atomic E-state index is 13.3. The van der Waals surface area contributed by atoms with Gasteiger partial charge in [-0.05, 0) is 73.7 Å². The molecule has 0 aliphatic carbocycles. The van der Waals surface area contributed by atoms with Crippen LogP contribution in [0.5, 0.6) is 5.75 Å². The molecule has 0 bridgehead atoms. The highest BCUT2D eigenvalue weighted by atomic mass is 32.2. The second kappa shape index (κ2) is 8.91. The van der Waals surface area contributed by atoms with Crippen molar-refractivity contribution in [2.75, 3.05) is 16.6 Å². The predicted octanol–water partition coefficient (Wildman–Crippen LogP) is 4.42. The molecule has 0 atom stereocenters. The number of amides is 1. The first-order chi connectivity index (χ1) is 14.3. The Morgan fingerprint density at radius 1 is 0.900 bits per heavy atom. The fraction of sp³-hybridized carbons (Fsp3) is 0.0952. The van der Waals surface area contributed by atoms with Crippen LogP contribution in [0.4, 0.5) is 20.2 Å². The van der Waals surface area contributed by atoms with Gasteiger partial charge in [0.15, 0.2) is 11.6 Å². The molecule has 0 spiro atoms. The Morgan fingerprint density at radius 3 is 2.13 bits per heavy atom. The van der Waals surface area contributed by atoms with Crippen molar-refractivity contribution in [2.45, 2.75) is 11.8 Å². The quantitative estimate of drug-likeness (QED) is 0.579. The number of carbonyl (C=O) groups excluding carboxylic acids is 1. The Balaban J connectivity index is 1.67. The number of sulfonamides is 1. The third-order valence-corrected chi connectivity index (χ3v) is 5.40. The maximum Gasteiger partial charge on any atom is 0.261 e. The Bertz CT molecular complexity index is 1150. The smallest absolute Gasteiger partial charge is 0.261 e. The van der Waals surface area contributed by atoms with Crippen molar-refractivity contribution in [2.24, 2.45) is 0 Å². The van der Waals surface area contributed by atoms with Crippen LogP contribution >= 0.6 is 0 Å². The average Bonchev–Trinajstić information content (AvgIpc) is 2.72. The number of halogens is 2. The minimum atomic E-state index is -4.10. The Labute approximate surface area is 172 Å². The summed E-state index contributed by atoms with van der Waals surface area (Å²) in [4.78, 5) is 11.9. The lowest BCUT2D eigenvalue weighted by Crippen LogP contribution is -2.14. The van der Waals surface area contributed by atoms with Crippen LogP contribution < -0.4 is 14.8 Å². The molecule has 2 N–H and O–H groups in total. The van der Waals surface area contributed by atoms with Gasteiger partial charge in [0.1, 0.15) is 5.75 Å².